The molecule has 6 nitrogen and oxygen atoms in total. The number of carbonyl (C=O) groups excluding carboxylic acids is 1. The number of benzene rings is 1. The van der Waals surface area contributed by atoms with E-state index < -0.39 is 6.04 Å². The van der Waals surface area contributed by atoms with Crippen LogP contribution in [0.25, 0.3) is 20.4 Å². The summed E-state index contributed by atoms with van der Waals surface area (Å²) >= 11 is 1.32. The van der Waals surface area contributed by atoms with Gasteiger partial charge in [-0.15, -0.1) is 11.3 Å². The third kappa shape index (κ3) is 2.97. The molecule has 0 N–H and O–H groups in total. The zero-order valence-corrected chi connectivity index (χ0v) is 16.5. The highest BCUT2D eigenvalue weighted by atomic mass is 32.1. The third-order valence-electron chi connectivity index (χ3n) is 4.84. The van der Waals surface area contributed by atoms with Crippen molar-refractivity contribution in [2.24, 2.45) is 0 Å². The van der Waals surface area contributed by atoms with Gasteiger partial charge in [-0.05, 0) is 37.6 Å². The molecule has 0 aliphatic carbocycles. The lowest BCUT2D eigenvalue weighted by molar-refractivity contribution is -0.121. The monoisotopic (exact) mass is 392 g/mol. The minimum absolute atomic E-state index is 0.112. The van der Waals surface area contributed by atoms with E-state index >= 15 is 0 Å². The van der Waals surface area contributed by atoms with Crippen LogP contribution in [0.5, 0.6) is 0 Å². The molecule has 1 atom stereocenters. The number of pyridine rings is 1. The maximum absolute atomic E-state index is 13.3. The van der Waals surface area contributed by atoms with Crippen molar-refractivity contribution in [3.8, 4) is 0 Å². The second-order valence-corrected chi connectivity index (χ2v) is 7.43. The number of fused-ring (bicyclic) bond motifs is 3. The van der Waals surface area contributed by atoms with E-state index in [1.54, 1.807) is 11.1 Å². The minimum Gasteiger partial charge on any atom is -0.311 e. The maximum atomic E-state index is 13.3. The standard InChI is InChI=1S/C21H20N4O2S/c1-3-16(20(26)24(4-2)14-9-6-5-7-10-14)25-13-23-17-15-11-8-12-22-19(15)28-18(17)21(25)27/h5-13,16H,3-4H2,1-2H3. The molecule has 7 heteroatoms. The Morgan fingerprint density at radius 3 is 2.64 bits per heavy atom. The van der Waals surface area contributed by atoms with Gasteiger partial charge in [0, 0.05) is 23.8 Å². The smallest absolute Gasteiger partial charge is 0.272 e. The van der Waals surface area contributed by atoms with Crippen molar-refractivity contribution in [3.63, 3.8) is 0 Å². The van der Waals surface area contributed by atoms with Gasteiger partial charge in [-0.25, -0.2) is 9.97 Å². The molecule has 3 heterocycles. The number of para-hydroxylation sites is 1. The van der Waals surface area contributed by atoms with Crippen molar-refractivity contribution in [1.29, 1.82) is 0 Å². The highest BCUT2D eigenvalue weighted by molar-refractivity contribution is 7.25. The average Bonchev–Trinajstić information content (AvgIpc) is 3.11. The van der Waals surface area contributed by atoms with Gasteiger partial charge >= 0.3 is 0 Å². The molecule has 1 unspecified atom stereocenters. The molecule has 0 radical (unpaired) electrons. The van der Waals surface area contributed by atoms with E-state index in [1.165, 1.54) is 22.2 Å². The molecule has 0 fully saturated rings. The van der Waals surface area contributed by atoms with Crippen LogP contribution in [-0.2, 0) is 4.79 Å². The summed E-state index contributed by atoms with van der Waals surface area (Å²) < 4.78 is 2.00. The molecule has 4 aromatic rings. The number of likely N-dealkylation sites (N-methyl/N-ethyl adjacent to an activating group) is 1. The Morgan fingerprint density at radius 2 is 1.93 bits per heavy atom. The van der Waals surface area contributed by atoms with Gasteiger partial charge in [0.1, 0.15) is 15.6 Å². The Labute approximate surface area is 166 Å². The van der Waals surface area contributed by atoms with E-state index in [4.69, 9.17) is 0 Å². The van der Waals surface area contributed by atoms with E-state index in [1.807, 2.05) is 56.3 Å². The van der Waals surface area contributed by atoms with E-state index in [9.17, 15) is 9.59 Å². The van der Waals surface area contributed by atoms with Crippen LogP contribution in [0.2, 0.25) is 0 Å². The van der Waals surface area contributed by atoms with Gasteiger partial charge in [0.15, 0.2) is 0 Å². The van der Waals surface area contributed by atoms with Crippen LogP contribution in [0.3, 0.4) is 0 Å². The molecule has 1 aromatic carbocycles. The number of carbonyl (C=O) groups is 1. The van der Waals surface area contributed by atoms with Crippen molar-refractivity contribution in [1.82, 2.24) is 14.5 Å². The van der Waals surface area contributed by atoms with Crippen LogP contribution in [0.1, 0.15) is 26.3 Å². The number of thiophene rings is 1. The fourth-order valence-electron chi connectivity index (χ4n) is 3.45. The Kier molecular flexibility index (Phi) is 4.92. The number of amides is 1. The van der Waals surface area contributed by atoms with Crippen molar-refractivity contribution in [2.45, 2.75) is 26.3 Å². The molecule has 28 heavy (non-hydrogen) atoms. The molecular weight excluding hydrogens is 372 g/mol. The SMILES string of the molecule is CCC(C(=O)N(CC)c1ccccc1)n1cnc2c(sc3ncccc32)c1=O. The highest BCUT2D eigenvalue weighted by Gasteiger charge is 2.26. The summed E-state index contributed by atoms with van der Waals surface area (Å²) in [7, 11) is 0. The van der Waals surface area contributed by atoms with Gasteiger partial charge in [0.2, 0.25) is 5.91 Å². The average molecular weight is 392 g/mol. The Balaban J connectivity index is 1.80. The van der Waals surface area contributed by atoms with Crippen LogP contribution in [0.4, 0.5) is 5.69 Å². The normalized spacial score (nSPS) is 12.4. The Morgan fingerprint density at radius 1 is 1.14 bits per heavy atom. The zero-order chi connectivity index (χ0) is 19.7. The second kappa shape index (κ2) is 7.52. The fraction of sp³-hybridized carbons (Fsp3) is 0.238. The summed E-state index contributed by atoms with van der Waals surface area (Å²) in [6, 6.07) is 12.6. The lowest BCUT2D eigenvalue weighted by atomic mass is 10.1. The van der Waals surface area contributed by atoms with Crippen LogP contribution < -0.4 is 10.5 Å². The summed E-state index contributed by atoms with van der Waals surface area (Å²) in [5, 5.41) is 0.866. The molecule has 0 aliphatic heterocycles. The molecule has 3 aromatic heterocycles. The quantitative estimate of drug-likeness (QED) is 0.515. The van der Waals surface area contributed by atoms with Crippen molar-refractivity contribution in [3.05, 3.63) is 65.3 Å². The van der Waals surface area contributed by atoms with E-state index in [-0.39, 0.29) is 11.5 Å². The zero-order valence-electron chi connectivity index (χ0n) is 15.7. The lowest BCUT2D eigenvalue weighted by Gasteiger charge is -2.26. The van der Waals surface area contributed by atoms with Gasteiger partial charge in [-0.3, -0.25) is 14.2 Å². The number of aromatic nitrogens is 3. The van der Waals surface area contributed by atoms with Crippen LogP contribution in [0.15, 0.2) is 59.8 Å². The van der Waals surface area contributed by atoms with Gasteiger partial charge < -0.3 is 4.90 Å². The molecule has 0 bridgehead atoms. The van der Waals surface area contributed by atoms with Gasteiger partial charge in [0.25, 0.3) is 5.56 Å². The first kappa shape index (κ1) is 18.3. The summed E-state index contributed by atoms with van der Waals surface area (Å²) in [6.45, 7) is 4.36. The predicted molar refractivity (Wildman–Crippen MR) is 113 cm³/mol. The van der Waals surface area contributed by atoms with Gasteiger partial charge in [0.05, 0.1) is 11.8 Å². The number of nitrogens with zero attached hydrogens (tertiary/aromatic N) is 4. The summed E-state index contributed by atoms with van der Waals surface area (Å²) in [4.78, 5) is 37.8. The van der Waals surface area contributed by atoms with E-state index in [0.717, 1.165) is 15.9 Å². The Hall–Kier alpha value is -3.06. The summed E-state index contributed by atoms with van der Waals surface area (Å²) in [5.74, 6) is -0.112. The van der Waals surface area contributed by atoms with E-state index in [0.29, 0.717) is 23.2 Å². The maximum Gasteiger partial charge on any atom is 0.272 e. The first-order chi connectivity index (χ1) is 13.7. The lowest BCUT2D eigenvalue weighted by Crippen LogP contribution is -2.40. The Bertz CT molecular complexity index is 1200. The fourth-order valence-corrected chi connectivity index (χ4v) is 4.48. The molecular formula is C21H20N4O2S. The minimum atomic E-state index is -0.609. The molecule has 4 rings (SSSR count). The van der Waals surface area contributed by atoms with Crippen molar-refractivity contribution in [2.75, 3.05) is 11.4 Å². The number of hydrogen-bond donors (Lipinski definition) is 0. The first-order valence-corrected chi connectivity index (χ1v) is 10.1. The second-order valence-electron chi connectivity index (χ2n) is 6.43. The predicted octanol–water partition coefficient (Wildman–Crippen LogP) is 4.01. The number of rotatable bonds is 5. The van der Waals surface area contributed by atoms with Gasteiger partial charge in [-0.1, -0.05) is 25.1 Å². The van der Waals surface area contributed by atoms with E-state index in [2.05, 4.69) is 9.97 Å². The molecule has 0 aliphatic rings. The van der Waals surface area contributed by atoms with Crippen molar-refractivity contribution >= 4 is 43.4 Å². The van der Waals surface area contributed by atoms with Crippen LogP contribution in [0, 0.1) is 0 Å². The molecule has 142 valence electrons. The molecule has 0 spiro atoms. The molecule has 0 saturated heterocycles. The number of anilines is 1. The summed E-state index contributed by atoms with van der Waals surface area (Å²) in [6.07, 6.45) is 3.70. The highest BCUT2D eigenvalue weighted by Crippen LogP contribution is 2.29. The third-order valence-corrected chi connectivity index (χ3v) is 5.93. The van der Waals surface area contributed by atoms with Crippen LogP contribution in [-0.4, -0.2) is 27.0 Å². The summed E-state index contributed by atoms with van der Waals surface area (Å²) in [5.41, 5.74) is 1.27. The van der Waals surface area contributed by atoms with Crippen LogP contribution >= 0.6 is 11.3 Å². The largest absolute Gasteiger partial charge is 0.311 e. The number of hydrogen-bond acceptors (Lipinski definition) is 5. The first-order valence-electron chi connectivity index (χ1n) is 9.26. The molecule has 1 amide bonds. The van der Waals surface area contributed by atoms with Gasteiger partial charge in [-0.2, -0.15) is 0 Å². The molecule has 0 saturated carbocycles. The van der Waals surface area contributed by atoms with Crippen molar-refractivity contribution < 1.29 is 4.79 Å². The topological polar surface area (TPSA) is 68.1 Å².